The number of carboxylic acid groups (broad SMARTS) is 1. The largest absolute Gasteiger partial charge is 0.478 e. The lowest BCUT2D eigenvalue weighted by Crippen LogP contribution is -2.15. The van der Waals surface area contributed by atoms with Crippen LogP contribution in [0.3, 0.4) is 0 Å². The molecule has 0 unspecified atom stereocenters. The molecular formula is C10H7ClN2O3S. The average Bonchev–Trinajstić information content (AvgIpc) is 2.58. The maximum atomic E-state index is 11.4. The van der Waals surface area contributed by atoms with Gasteiger partial charge in [-0.05, 0) is 40.6 Å². The topological polar surface area (TPSA) is 72.2 Å². The van der Waals surface area contributed by atoms with Gasteiger partial charge in [0, 0.05) is 0 Å². The van der Waals surface area contributed by atoms with Crippen LogP contribution in [0.5, 0.6) is 0 Å². The van der Waals surface area contributed by atoms with Gasteiger partial charge in [-0.15, -0.1) is 5.10 Å². The van der Waals surface area contributed by atoms with Gasteiger partial charge in [-0.3, -0.25) is 4.79 Å². The molecule has 0 radical (unpaired) electrons. The van der Waals surface area contributed by atoms with Gasteiger partial charge in [0.25, 0.3) is 0 Å². The third-order valence-corrected chi connectivity index (χ3v) is 3.06. The maximum Gasteiger partial charge on any atom is 0.335 e. The number of aromatic carboxylic acids is 1. The molecule has 0 amide bonds. The highest BCUT2D eigenvalue weighted by atomic mass is 35.5. The van der Waals surface area contributed by atoms with E-state index in [2.05, 4.69) is 5.10 Å². The molecule has 2 aromatic rings. The summed E-state index contributed by atoms with van der Waals surface area (Å²) in [7, 11) is 0. The van der Waals surface area contributed by atoms with Gasteiger partial charge in [0.1, 0.15) is 0 Å². The molecule has 0 aliphatic heterocycles. The molecule has 7 heteroatoms. The molecule has 1 aromatic carbocycles. The molecule has 0 atom stereocenters. The number of aromatic nitrogens is 2. The minimum Gasteiger partial charge on any atom is -0.478 e. The summed E-state index contributed by atoms with van der Waals surface area (Å²) in [6, 6.07) is 6.25. The molecule has 5 nitrogen and oxygen atoms in total. The summed E-state index contributed by atoms with van der Waals surface area (Å²) in [6.07, 6.45) is 0. The first-order valence-corrected chi connectivity index (χ1v) is 5.81. The van der Waals surface area contributed by atoms with Crippen molar-refractivity contribution in [1.82, 2.24) is 9.78 Å². The van der Waals surface area contributed by atoms with E-state index in [1.54, 1.807) is 12.1 Å². The van der Waals surface area contributed by atoms with E-state index in [0.717, 1.165) is 16.9 Å². The highest BCUT2D eigenvalue weighted by Crippen LogP contribution is 2.09. The Kier molecular flexibility index (Phi) is 3.26. The number of halogens is 1. The standard InChI is InChI=1S/C10H7ClN2O3S/c11-9-12-13(10(16)17-9)5-6-1-3-7(4-2-6)8(14)15/h1-4H,5H2,(H,14,15). The normalized spacial score (nSPS) is 10.4. The third kappa shape index (κ3) is 2.72. The predicted molar refractivity (Wildman–Crippen MR) is 63.9 cm³/mol. The second-order valence-electron chi connectivity index (χ2n) is 3.28. The second-order valence-corrected chi connectivity index (χ2v) is 4.80. The Morgan fingerprint density at radius 3 is 2.53 bits per heavy atom. The minimum absolute atomic E-state index is 0.192. The van der Waals surface area contributed by atoms with Crippen molar-refractivity contribution in [3.63, 3.8) is 0 Å². The number of carboxylic acids is 1. The monoisotopic (exact) mass is 270 g/mol. The molecule has 0 saturated heterocycles. The molecule has 0 aliphatic carbocycles. The van der Waals surface area contributed by atoms with Gasteiger partial charge < -0.3 is 5.11 Å². The van der Waals surface area contributed by atoms with Gasteiger partial charge in [-0.25, -0.2) is 9.48 Å². The van der Waals surface area contributed by atoms with Gasteiger partial charge in [-0.1, -0.05) is 12.1 Å². The first-order chi connectivity index (χ1) is 8.06. The van der Waals surface area contributed by atoms with Crippen LogP contribution in [0, 0.1) is 0 Å². The van der Waals surface area contributed by atoms with Gasteiger partial charge in [0.2, 0.25) is 4.47 Å². The third-order valence-electron chi connectivity index (χ3n) is 2.11. The molecule has 0 fully saturated rings. The lowest BCUT2D eigenvalue weighted by atomic mass is 10.1. The highest BCUT2D eigenvalue weighted by molar-refractivity contribution is 7.13. The van der Waals surface area contributed by atoms with Crippen molar-refractivity contribution in [2.24, 2.45) is 0 Å². The van der Waals surface area contributed by atoms with E-state index in [0.29, 0.717) is 0 Å². The molecule has 1 heterocycles. The summed E-state index contributed by atoms with van der Waals surface area (Å²) >= 11 is 6.47. The number of nitrogens with zero attached hydrogens (tertiary/aromatic N) is 2. The van der Waals surface area contributed by atoms with E-state index < -0.39 is 5.97 Å². The van der Waals surface area contributed by atoms with E-state index in [1.807, 2.05) is 0 Å². The predicted octanol–water partition coefficient (Wildman–Crippen LogP) is 1.70. The van der Waals surface area contributed by atoms with Gasteiger partial charge in [0.15, 0.2) is 0 Å². The number of benzene rings is 1. The quantitative estimate of drug-likeness (QED) is 0.921. The maximum absolute atomic E-state index is 11.4. The minimum atomic E-state index is -0.981. The fourth-order valence-corrected chi connectivity index (χ4v) is 2.09. The zero-order chi connectivity index (χ0) is 12.4. The number of hydrogen-bond donors (Lipinski definition) is 1. The van der Waals surface area contributed by atoms with Crippen molar-refractivity contribution in [3.8, 4) is 0 Å². The Labute approximate surface area is 105 Å². The Balaban J connectivity index is 2.22. The summed E-state index contributed by atoms with van der Waals surface area (Å²) in [4.78, 5) is 21.8. The molecule has 17 heavy (non-hydrogen) atoms. The Hall–Kier alpha value is -1.66. The Morgan fingerprint density at radius 1 is 1.41 bits per heavy atom. The summed E-state index contributed by atoms with van der Waals surface area (Å²) in [5.41, 5.74) is 0.997. The van der Waals surface area contributed by atoms with E-state index in [4.69, 9.17) is 16.7 Å². The van der Waals surface area contributed by atoms with Gasteiger partial charge in [-0.2, -0.15) is 0 Å². The fourth-order valence-electron chi connectivity index (χ4n) is 1.31. The molecule has 1 aromatic heterocycles. The first-order valence-electron chi connectivity index (χ1n) is 4.62. The molecular weight excluding hydrogens is 264 g/mol. The van der Waals surface area contributed by atoms with Crippen LogP contribution in [0.15, 0.2) is 29.1 Å². The Bertz CT molecular complexity index is 603. The summed E-state index contributed by atoms with van der Waals surface area (Å²) in [6.45, 7) is 0.280. The fraction of sp³-hybridized carbons (Fsp3) is 0.100. The SMILES string of the molecule is O=C(O)c1ccc(Cn2nc(Cl)sc2=O)cc1. The first kappa shape index (κ1) is 11.8. The smallest absolute Gasteiger partial charge is 0.335 e. The van der Waals surface area contributed by atoms with Crippen LogP contribution in [0.25, 0.3) is 0 Å². The van der Waals surface area contributed by atoms with Crippen molar-refractivity contribution >= 4 is 28.9 Å². The highest BCUT2D eigenvalue weighted by Gasteiger charge is 2.06. The van der Waals surface area contributed by atoms with Crippen molar-refractivity contribution in [1.29, 1.82) is 0 Å². The van der Waals surface area contributed by atoms with Gasteiger partial charge in [0.05, 0.1) is 12.1 Å². The lowest BCUT2D eigenvalue weighted by molar-refractivity contribution is 0.0697. The molecule has 0 bridgehead atoms. The van der Waals surface area contributed by atoms with E-state index >= 15 is 0 Å². The Morgan fingerprint density at radius 2 is 2.06 bits per heavy atom. The van der Waals surface area contributed by atoms with Crippen LogP contribution in [-0.2, 0) is 6.54 Å². The van der Waals surface area contributed by atoms with Crippen LogP contribution >= 0.6 is 22.9 Å². The van der Waals surface area contributed by atoms with Crippen LogP contribution < -0.4 is 4.87 Å². The average molecular weight is 271 g/mol. The summed E-state index contributed by atoms with van der Waals surface area (Å²) in [5, 5.41) is 12.6. The number of hydrogen-bond acceptors (Lipinski definition) is 4. The van der Waals surface area contributed by atoms with Crippen molar-refractivity contribution < 1.29 is 9.90 Å². The zero-order valence-corrected chi connectivity index (χ0v) is 10.0. The summed E-state index contributed by atoms with van der Waals surface area (Å²) < 4.78 is 1.43. The number of carbonyl (C=O) groups is 1. The van der Waals surface area contributed by atoms with E-state index in [1.165, 1.54) is 16.8 Å². The molecule has 2 rings (SSSR count). The van der Waals surface area contributed by atoms with E-state index in [-0.39, 0.29) is 21.4 Å². The lowest BCUT2D eigenvalue weighted by Gasteiger charge is -2.01. The molecule has 0 aliphatic rings. The van der Waals surface area contributed by atoms with Crippen LogP contribution in [0.4, 0.5) is 0 Å². The second kappa shape index (κ2) is 4.68. The van der Waals surface area contributed by atoms with E-state index in [9.17, 15) is 9.59 Å². The number of rotatable bonds is 3. The van der Waals surface area contributed by atoms with Crippen molar-refractivity contribution in [2.75, 3.05) is 0 Å². The zero-order valence-electron chi connectivity index (χ0n) is 8.46. The molecule has 88 valence electrons. The summed E-state index contributed by atoms with van der Waals surface area (Å²) in [5.74, 6) is -0.981. The van der Waals surface area contributed by atoms with Crippen LogP contribution in [0.2, 0.25) is 4.47 Å². The molecule has 0 spiro atoms. The molecule has 1 N–H and O–H groups in total. The van der Waals surface area contributed by atoms with Gasteiger partial charge >= 0.3 is 10.8 Å². The van der Waals surface area contributed by atoms with Crippen molar-refractivity contribution in [2.45, 2.75) is 6.54 Å². The van der Waals surface area contributed by atoms with Crippen LogP contribution in [0.1, 0.15) is 15.9 Å². The van der Waals surface area contributed by atoms with Crippen LogP contribution in [-0.4, -0.2) is 20.9 Å². The molecule has 0 saturated carbocycles. The van der Waals surface area contributed by atoms with Crippen molar-refractivity contribution in [3.05, 3.63) is 49.5 Å².